The molecular formula is C23H24Cl2N4O2S. The first-order chi connectivity index (χ1) is 15.0. The molecule has 0 radical (unpaired) electrons. The van der Waals surface area contributed by atoms with Gasteiger partial charge < -0.3 is 9.30 Å². The number of hydrogen-bond donors (Lipinski definition) is 0. The Bertz CT molecular complexity index is 1180. The number of thiazole rings is 1. The van der Waals surface area contributed by atoms with Crippen LogP contribution in [0, 0.1) is 13.8 Å². The molecule has 0 saturated carbocycles. The van der Waals surface area contributed by atoms with Crippen LogP contribution in [0.2, 0.25) is 5.02 Å². The van der Waals surface area contributed by atoms with E-state index < -0.39 is 0 Å². The van der Waals surface area contributed by atoms with Crippen molar-refractivity contribution in [3.63, 3.8) is 0 Å². The molecule has 0 saturated heterocycles. The molecule has 0 bridgehead atoms. The maximum atomic E-state index is 13.1. The van der Waals surface area contributed by atoms with E-state index in [1.807, 2.05) is 61.0 Å². The second kappa shape index (κ2) is 10.8. The Hall–Kier alpha value is -2.61. The van der Waals surface area contributed by atoms with E-state index in [-0.39, 0.29) is 24.9 Å². The fourth-order valence-electron chi connectivity index (χ4n) is 3.27. The first kappa shape index (κ1) is 24.0. The Balaban J connectivity index is 0.00000289. The molecule has 0 aliphatic heterocycles. The van der Waals surface area contributed by atoms with Crippen LogP contribution in [0.25, 0.3) is 10.2 Å². The summed E-state index contributed by atoms with van der Waals surface area (Å²) in [4.78, 5) is 23.7. The molecule has 2 heterocycles. The summed E-state index contributed by atoms with van der Waals surface area (Å²) in [5.74, 6) is 0.540. The molecule has 4 aromatic rings. The normalized spacial score (nSPS) is 10.7. The van der Waals surface area contributed by atoms with E-state index in [4.69, 9.17) is 21.3 Å². The number of carbonyl (C=O) groups is 1. The monoisotopic (exact) mass is 490 g/mol. The van der Waals surface area contributed by atoms with Gasteiger partial charge in [0.2, 0.25) is 0 Å². The van der Waals surface area contributed by atoms with Crippen molar-refractivity contribution in [1.29, 1.82) is 0 Å². The number of amides is 1. The van der Waals surface area contributed by atoms with Gasteiger partial charge in [0.25, 0.3) is 5.91 Å². The summed E-state index contributed by atoms with van der Waals surface area (Å²) >= 11 is 7.68. The summed E-state index contributed by atoms with van der Waals surface area (Å²) in [6.07, 6.45) is 6.20. The molecule has 6 nitrogen and oxygen atoms in total. The zero-order valence-electron chi connectivity index (χ0n) is 17.8. The summed E-state index contributed by atoms with van der Waals surface area (Å²) in [5.41, 5.74) is 3.01. The van der Waals surface area contributed by atoms with Crippen LogP contribution in [0.5, 0.6) is 5.75 Å². The van der Waals surface area contributed by atoms with E-state index in [9.17, 15) is 4.79 Å². The van der Waals surface area contributed by atoms with Crippen molar-refractivity contribution in [1.82, 2.24) is 14.5 Å². The average Bonchev–Trinajstić information content (AvgIpc) is 3.40. The predicted octanol–water partition coefficient (Wildman–Crippen LogP) is 5.69. The predicted molar refractivity (Wildman–Crippen MR) is 132 cm³/mol. The number of aryl methyl sites for hydroxylation is 3. The number of ether oxygens (including phenoxy) is 1. The zero-order chi connectivity index (χ0) is 21.8. The lowest BCUT2D eigenvalue weighted by Gasteiger charge is -2.20. The molecule has 2 aromatic heterocycles. The van der Waals surface area contributed by atoms with Gasteiger partial charge in [-0.05, 0) is 50.1 Å². The maximum absolute atomic E-state index is 13.1. The quantitative estimate of drug-likeness (QED) is 0.318. The second-order valence-corrected chi connectivity index (χ2v) is 8.81. The number of aromatic nitrogens is 3. The molecular weight excluding hydrogens is 467 g/mol. The number of hydrogen-bond acceptors (Lipinski definition) is 5. The standard InChI is InChI=1S/C23H23ClN4O2S.ClH/c1-16-4-6-19(7-5-16)30-14-21(29)28(10-3-9-27-11-8-25-15-27)23-26-22-17(2)12-18(24)13-20(22)31-23;/h4-8,11-13,15H,3,9-10,14H2,1-2H3;1H. The highest BCUT2D eigenvalue weighted by Crippen LogP contribution is 2.33. The van der Waals surface area contributed by atoms with Gasteiger partial charge in [0.1, 0.15) is 5.75 Å². The SMILES string of the molecule is Cc1ccc(OCC(=O)N(CCCn2ccnc2)c2nc3c(C)cc(Cl)cc3s2)cc1.Cl. The third kappa shape index (κ3) is 5.79. The van der Waals surface area contributed by atoms with Gasteiger partial charge in [0, 0.05) is 30.5 Å². The largest absolute Gasteiger partial charge is 0.484 e. The van der Waals surface area contributed by atoms with E-state index in [1.54, 1.807) is 17.4 Å². The van der Waals surface area contributed by atoms with Crippen molar-refractivity contribution in [2.24, 2.45) is 0 Å². The first-order valence-electron chi connectivity index (χ1n) is 10.0. The Morgan fingerprint density at radius 1 is 1.22 bits per heavy atom. The van der Waals surface area contributed by atoms with Crippen LogP contribution in [0.15, 0.2) is 55.1 Å². The molecule has 0 N–H and O–H groups in total. The summed E-state index contributed by atoms with van der Waals surface area (Å²) in [5, 5.41) is 1.32. The fourth-order valence-corrected chi connectivity index (χ4v) is 4.74. The van der Waals surface area contributed by atoms with Crippen molar-refractivity contribution < 1.29 is 9.53 Å². The summed E-state index contributed by atoms with van der Waals surface area (Å²) in [6.45, 7) is 5.23. The molecule has 0 unspecified atom stereocenters. The van der Waals surface area contributed by atoms with Gasteiger partial charge in [-0.3, -0.25) is 9.69 Å². The molecule has 168 valence electrons. The van der Waals surface area contributed by atoms with Gasteiger partial charge in [-0.1, -0.05) is 40.6 Å². The summed E-state index contributed by atoms with van der Waals surface area (Å²) < 4.78 is 8.70. The highest BCUT2D eigenvalue weighted by Gasteiger charge is 2.21. The molecule has 4 rings (SSSR count). The Morgan fingerprint density at radius 2 is 2.00 bits per heavy atom. The van der Waals surface area contributed by atoms with Gasteiger partial charge in [0.05, 0.1) is 16.5 Å². The highest BCUT2D eigenvalue weighted by atomic mass is 35.5. The minimum Gasteiger partial charge on any atom is -0.484 e. The van der Waals surface area contributed by atoms with E-state index in [2.05, 4.69) is 4.98 Å². The van der Waals surface area contributed by atoms with Gasteiger partial charge in [-0.15, -0.1) is 12.4 Å². The van der Waals surface area contributed by atoms with E-state index in [0.29, 0.717) is 22.4 Å². The van der Waals surface area contributed by atoms with Crippen molar-refractivity contribution in [3.8, 4) is 5.75 Å². The molecule has 0 atom stereocenters. The topological polar surface area (TPSA) is 60.2 Å². The van der Waals surface area contributed by atoms with Crippen LogP contribution in [0.1, 0.15) is 17.5 Å². The van der Waals surface area contributed by atoms with Gasteiger partial charge >= 0.3 is 0 Å². The molecule has 2 aromatic carbocycles. The third-order valence-electron chi connectivity index (χ3n) is 4.91. The number of anilines is 1. The van der Waals surface area contributed by atoms with E-state index in [0.717, 1.165) is 34.3 Å². The first-order valence-corrected chi connectivity index (χ1v) is 11.2. The minimum absolute atomic E-state index is 0. The smallest absolute Gasteiger partial charge is 0.266 e. The average molecular weight is 491 g/mol. The number of nitrogens with zero attached hydrogens (tertiary/aromatic N) is 4. The van der Waals surface area contributed by atoms with E-state index >= 15 is 0 Å². The highest BCUT2D eigenvalue weighted by molar-refractivity contribution is 7.22. The van der Waals surface area contributed by atoms with Gasteiger partial charge in [0.15, 0.2) is 11.7 Å². The minimum atomic E-state index is -0.131. The van der Waals surface area contributed by atoms with Crippen molar-refractivity contribution in [2.45, 2.75) is 26.8 Å². The Labute approximate surface area is 202 Å². The molecule has 32 heavy (non-hydrogen) atoms. The Kier molecular flexibility index (Phi) is 8.12. The van der Waals surface area contributed by atoms with Crippen LogP contribution >= 0.6 is 35.3 Å². The zero-order valence-corrected chi connectivity index (χ0v) is 20.2. The lowest BCUT2D eigenvalue weighted by molar-refractivity contribution is -0.120. The van der Waals surface area contributed by atoms with Crippen molar-refractivity contribution >= 4 is 56.6 Å². The van der Waals surface area contributed by atoms with E-state index in [1.165, 1.54) is 11.3 Å². The third-order valence-corrected chi connectivity index (χ3v) is 6.16. The molecule has 9 heteroatoms. The number of fused-ring (bicyclic) bond motifs is 1. The second-order valence-electron chi connectivity index (χ2n) is 7.37. The lowest BCUT2D eigenvalue weighted by Crippen LogP contribution is -2.36. The molecule has 0 fully saturated rings. The summed E-state index contributed by atoms with van der Waals surface area (Å²) in [7, 11) is 0. The number of halogens is 2. The van der Waals surface area contributed by atoms with Crippen LogP contribution in [-0.4, -0.2) is 33.6 Å². The van der Waals surface area contributed by atoms with Gasteiger partial charge in [-0.2, -0.15) is 0 Å². The number of rotatable bonds is 8. The van der Waals surface area contributed by atoms with Crippen molar-refractivity contribution in [3.05, 3.63) is 71.3 Å². The summed E-state index contributed by atoms with van der Waals surface area (Å²) in [6, 6.07) is 11.4. The maximum Gasteiger partial charge on any atom is 0.266 e. The lowest BCUT2D eigenvalue weighted by atomic mass is 10.2. The number of carbonyl (C=O) groups excluding carboxylic acids is 1. The van der Waals surface area contributed by atoms with Crippen molar-refractivity contribution in [2.75, 3.05) is 18.1 Å². The molecule has 1 amide bonds. The number of benzene rings is 2. The molecule has 0 aliphatic rings. The van der Waals surface area contributed by atoms with Crippen LogP contribution in [0.3, 0.4) is 0 Å². The Morgan fingerprint density at radius 3 is 2.72 bits per heavy atom. The van der Waals surface area contributed by atoms with Crippen LogP contribution in [-0.2, 0) is 11.3 Å². The number of imidazole rings is 1. The van der Waals surface area contributed by atoms with Gasteiger partial charge in [-0.25, -0.2) is 9.97 Å². The van der Waals surface area contributed by atoms with Crippen LogP contribution < -0.4 is 9.64 Å². The molecule has 0 spiro atoms. The fraction of sp³-hybridized carbons (Fsp3) is 0.261. The molecule has 0 aliphatic carbocycles. The van der Waals surface area contributed by atoms with Crippen LogP contribution in [0.4, 0.5) is 5.13 Å².